The summed E-state index contributed by atoms with van der Waals surface area (Å²) in [7, 11) is 0. The number of nitrogen functional groups attached to an aromatic ring is 1. The average molecular weight is 276 g/mol. The van der Waals surface area contributed by atoms with Gasteiger partial charge in [-0.05, 0) is 36.8 Å². The number of rotatable bonds is 4. The van der Waals surface area contributed by atoms with E-state index in [2.05, 4.69) is 10.7 Å². The topological polar surface area (TPSA) is 93.2 Å². The fourth-order valence-electron chi connectivity index (χ4n) is 1.83. The minimum atomic E-state index is -0.549. The molecule has 0 heterocycles. The Morgan fingerprint density at radius 3 is 2.55 bits per heavy atom. The number of nitrogens with two attached hydrogens (primary N) is 1. The summed E-state index contributed by atoms with van der Waals surface area (Å²) >= 11 is 0. The van der Waals surface area contributed by atoms with Gasteiger partial charge in [-0.2, -0.15) is 0 Å². The molecular weight excluding hydrogens is 263 g/mol. The Labute approximate surface area is 114 Å². The number of anilines is 3. The van der Waals surface area contributed by atoms with Crippen molar-refractivity contribution in [3.05, 3.63) is 57.9 Å². The van der Waals surface area contributed by atoms with Crippen molar-refractivity contribution in [2.24, 2.45) is 5.84 Å². The van der Waals surface area contributed by atoms with E-state index in [1.807, 2.05) is 0 Å². The third-order valence-corrected chi connectivity index (χ3v) is 2.84. The quantitative estimate of drug-likeness (QED) is 0.453. The lowest BCUT2D eigenvalue weighted by Gasteiger charge is -2.11. The molecule has 0 bridgehead atoms. The van der Waals surface area contributed by atoms with E-state index in [1.165, 1.54) is 24.3 Å². The molecule has 0 saturated carbocycles. The Kier molecular flexibility index (Phi) is 3.81. The Morgan fingerprint density at radius 2 is 1.90 bits per heavy atom. The summed E-state index contributed by atoms with van der Waals surface area (Å²) in [6.07, 6.45) is 0. The van der Waals surface area contributed by atoms with Crippen LogP contribution < -0.4 is 16.6 Å². The number of nitrogens with one attached hydrogen (secondary N) is 2. The van der Waals surface area contributed by atoms with Crippen molar-refractivity contribution in [2.75, 3.05) is 10.7 Å². The second-order valence-corrected chi connectivity index (χ2v) is 4.19. The summed E-state index contributed by atoms with van der Waals surface area (Å²) in [5.74, 6) is 4.84. The van der Waals surface area contributed by atoms with Gasteiger partial charge in [0.1, 0.15) is 17.2 Å². The van der Waals surface area contributed by atoms with Crippen LogP contribution in [0.25, 0.3) is 0 Å². The number of aryl methyl sites for hydroxylation is 1. The van der Waals surface area contributed by atoms with Crippen LogP contribution in [0.2, 0.25) is 0 Å². The van der Waals surface area contributed by atoms with Crippen molar-refractivity contribution >= 4 is 22.7 Å². The van der Waals surface area contributed by atoms with E-state index < -0.39 is 10.7 Å². The first-order chi connectivity index (χ1) is 9.52. The molecule has 0 aromatic heterocycles. The van der Waals surface area contributed by atoms with Gasteiger partial charge in [0.15, 0.2) is 0 Å². The number of nitro groups is 1. The first-order valence-corrected chi connectivity index (χ1v) is 5.80. The van der Waals surface area contributed by atoms with Crippen molar-refractivity contribution in [1.29, 1.82) is 0 Å². The normalized spacial score (nSPS) is 10.2. The standard InChI is InChI=1S/C13H13FN4O2/c1-8-5-6-9(14)7-12(8)16-10-3-2-4-11(17-15)13(10)18(19)20/h2-7,16-17H,15H2,1H3. The van der Waals surface area contributed by atoms with Crippen molar-refractivity contribution in [3.8, 4) is 0 Å². The molecule has 0 amide bonds. The van der Waals surface area contributed by atoms with Crippen LogP contribution in [-0.2, 0) is 0 Å². The summed E-state index contributed by atoms with van der Waals surface area (Å²) in [4.78, 5) is 10.6. The van der Waals surface area contributed by atoms with Gasteiger partial charge in [-0.25, -0.2) is 4.39 Å². The number of halogens is 1. The van der Waals surface area contributed by atoms with E-state index in [0.29, 0.717) is 5.69 Å². The van der Waals surface area contributed by atoms with Gasteiger partial charge >= 0.3 is 5.69 Å². The highest BCUT2D eigenvalue weighted by Crippen LogP contribution is 2.34. The molecule has 0 spiro atoms. The summed E-state index contributed by atoms with van der Waals surface area (Å²) in [6.45, 7) is 1.78. The summed E-state index contributed by atoms with van der Waals surface area (Å²) < 4.78 is 13.2. The SMILES string of the molecule is Cc1ccc(F)cc1Nc1cccc(NN)c1[N+](=O)[O-]. The maximum Gasteiger partial charge on any atom is 0.316 e. The summed E-state index contributed by atoms with van der Waals surface area (Å²) in [5, 5.41) is 14.0. The number of para-hydroxylation sites is 1. The largest absolute Gasteiger partial charge is 0.350 e. The number of nitrogens with zero attached hydrogens (tertiary/aromatic N) is 1. The monoisotopic (exact) mass is 276 g/mol. The highest BCUT2D eigenvalue weighted by atomic mass is 19.1. The highest BCUT2D eigenvalue weighted by molar-refractivity contribution is 5.80. The number of nitro benzene ring substituents is 1. The number of hydrogen-bond acceptors (Lipinski definition) is 5. The molecular formula is C13H13FN4O2. The van der Waals surface area contributed by atoms with E-state index in [1.54, 1.807) is 19.1 Å². The first kappa shape index (κ1) is 13.8. The second-order valence-electron chi connectivity index (χ2n) is 4.19. The molecule has 2 rings (SSSR count). The molecule has 0 atom stereocenters. The fourth-order valence-corrected chi connectivity index (χ4v) is 1.83. The van der Waals surface area contributed by atoms with Crippen LogP contribution in [0.4, 0.5) is 27.1 Å². The van der Waals surface area contributed by atoms with Crippen molar-refractivity contribution in [3.63, 3.8) is 0 Å². The molecule has 20 heavy (non-hydrogen) atoms. The second kappa shape index (κ2) is 5.54. The molecule has 4 N–H and O–H groups in total. The van der Waals surface area contributed by atoms with E-state index in [4.69, 9.17) is 5.84 Å². The average Bonchev–Trinajstić information content (AvgIpc) is 2.42. The van der Waals surface area contributed by atoms with Crippen molar-refractivity contribution < 1.29 is 9.31 Å². The lowest BCUT2D eigenvalue weighted by Crippen LogP contribution is -2.10. The molecule has 0 saturated heterocycles. The number of hydrazine groups is 1. The molecule has 0 unspecified atom stereocenters. The zero-order valence-electron chi connectivity index (χ0n) is 10.7. The zero-order valence-corrected chi connectivity index (χ0v) is 10.7. The zero-order chi connectivity index (χ0) is 14.7. The molecule has 0 radical (unpaired) electrons. The molecule has 0 aliphatic carbocycles. The van der Waals surface area contributed by atoms with Gasteiger partial charge in [-0.15, -0.1) is 0 Å². The van der Waals surface area contributed by atoms with Gasteiger partial charge in [0.2, 0.25) is 0 Å². The Balaban J connectivity index is 2.48. The van der Waals surface area contributed by atoms with Crippen LogP contribution >= 0.6 is 0 Å². The van der Waals surface area contributed by atoms with Crippen LogP contribution in [-0.4, -0.2) is 4.92 Å². The molecule has 6 nitrogen and oxygen atoms in total. The van der Waals surface area contributed by atoms with E-state index in [-0.39, 0.29) is 17.1 Å². The van der Waals surface area contributed by atoms with E-state index in [9.17, 15) is 14.5 Å². The van der Waals surface area contributed by atoms with Gasteiger partial charge in [0.05, 0.1) is 4.92 Å². The minimum Gasteiger partial charge on any atom is -0.350 e. The van der Waals surface area contributed by atoms with Crippen LogP contribution in [0.1, 0.15) is 5.56 Å². The predicted octanol–water partition coefficient (Wildman–Crippen LogP) is 3.07. The number of benzene rings is 2. The summed E-state index contributed by atoms with van der Waals surface area (Å²) in [5.41, 5.74) is 3.72. The Hall–Kier alpha value is -2.67. The predicted molar refractivity (Wildman–Crippen MR) is 75.3 cm³/mol. The van der Waals surface area contributed by atoms with Crippen LogP contribution in [0, 0.1) is 22.9 Å². The molecule has 2 aromatic carbocycles. The van der Waals surface area contributed by atoms with Gasteiger partial charge in [-0.3, -0.25) is 16.0 Å². The highest BCUT2D eigenvalue weighted by Gasteiger charge is 2.19. The van der Waals surface area contributed by atoms with E-state index >= 15 is 0 Å². The Bertz CT molecular complexity index is 661. The van der Waals surface area contributed by atoms with E-state index in [0.717, 1.165) is 5.56 Å². The van der Waals surface area contributed by atoms with Crippen LogP contribution in [0.15, 0.2) is 36.4 Å². The van der Waals surface area contributed by atoms with Gasteiger partial charge < -0.3 is 10.7 Å². The molecule has 7 heteroatoms. The molecule has 104 valence electrons. The van der Waals surface area contributed by atoms with Gasteiger partial charge in [0.25, 0.3) is 0 Å². The first-order valence-electron chi connectivity index (χ1n) is 5.80. The number of hydrogen-bond donors (Lipinski definition) is 3. The molecule has 0 fully saturated rings. The minimum absolute atomic E-state index is 0.175. The summed E-state index contributed by atoms with van der Waals surface area (Å²) in [6, 6.07) is 8.83. The van der Waals surface area contributed by atoms with Crippen LogP contribution in [0.3, 0.4) is 0 Å². The van der Waals surface area contributed by atoms with Gasteiger partial charge in [-0.1, -0.05) is 12.1 Å². The van der Waals surface area contributed by atoms with Gasteiger partial charge in [0, 0.05) is 5.69 Å². The van der Waals surface area contributed by atoms with Crippen molar-refractivity contribution in [2.45, 2.75) is 6.92 Å². The van der Waals surface area contributed by atoms with Crippen LogP contribution in [0.5, 0.6) is 0 Å². The lowest BCUT2D eigenvalue weighted by atomic mass is 10.1. The fraction of sp³-hybridized carbons (Fsp3) is 0.0769. The lowest BCUT2D eigenvalue weighted by molar-refractivity contribution is -0.383. The maximum absolute atomic E-state index is 13.2. The third-order valence-electron chi connectivity index (χ3n) is 2.84. The molecule has 0 aliphatic rings. The maximum atomic E-state index is 13.2. The molecule has 0 aliphatic heterocycles. The third kappa shape index (κ3) is 2.67. The smallest absolute Gasteiger partial charge is 0.316 e. The Morgan fingerprint density at radius 1 is 1.20 bits per heavy atom. The molecule has 2 aromatic rings. The van der Waals surface area contributed by atoms with Crippen molar-refractivity contribution in [1.82, 2.24) is 0 Å².